The number of rotatable bonds is 6. The molecule has 0 nitrogen and oxygen atoms in total. The minimum atomic E-state index is -4.59. The Morgan fingerprint density at radius 1 is 0.550 bits per heavy atom. The van der Waals surface area contributed by atoms with Crippen LogP contribution in [0.2, 0.25) is 18.1 Å². The number of halogens is 10. The Bertz CT molecular complexity index is 248. The molecule has 11 heteroatoms. The number of hydrogen-bond donors (Lipinski definition) is 0. The molecule has 122 valence electrons. The third kappa shape index (κ3) is 11.9. The van der Waals surface area contributed by atoms with Gasteiger partial charge in [0.15, 0.2) is 0 Å². The van der Waals surface area contributed by atoms with Gasteiger partial charge in [0.1, 0.15) is 6.69 Å². The van der Waals surface area contributed by atoms with Crippen LogP contribution in [0.15, 0.2) is 0 Å². The molecule has 0 N–H and O–H groups in total. The second-order valence-electron chi connectivity index (χ2n) is 4.50. The van der Waals surface area contributed by atoms with Gasteiger partial charge < -0.3 is 0 Å². The van der Waals surface area contributed by atoms with Crippen molar-refractivity contribution >= 4 is 22.0 Å². The van der Waals surface area contributed by atoms with E-state index >= 15 is 0 Å². The van der Waals surface area contributed by atoms with Crippen LogP contribution in [-0.2, 0) is 0 Å². The highest BCUT2D eigenvalue weighted by Crippen LogP contribution is 2.40. The van der Waals surface area contributed by atoms with E-state index in [0.29, 0.717) is 0 Å². The Hall–Kier alpha value is 0.0669. The summed E-state index contributed by atoms with van der Waals surface area (Å²) in [5.74, 6) is 0. The van der Waals surface area contributed by atoms with Gasteiger partial charge in [0.2, 0.25) is 0 Å². The lowest BCUT2D eigenvalue weighted by atomic mass is 10.5. The van der Waals surface area contributed by atoms with Crippen LogP contribution in [0.1, 0.15) is 19.3 Å². The maximum absolute atomic E-state index is 12.1. The molecule has 0 rings (SSSR count). The topological polar surface area (TPSA) is 0 Å². The first-order valence-electron chi connectivity index (χ1n) is 5.51. The van der Waals surface area contributed by atoms with E-state index in [9.17, 15) is 39.5 Å². The summed E-state index contributed by atoms with van der Waals surface area (Å²) in [6.45, 7) is -3.43. The summed E-state index contributed by atoms with van der Waals surface area (Å²) in [7, 11) is 0. The SMILES string of the molecule is FC(F)(F)CC[Si](Br)(CCC(F)(F)F)CCC(F)(F)F. The second-order valence-corrected chi connectivity index (χ2v) is 13.3. The second kappa shape index (κ2) is 6.88. The smallest absolute Gasteiger partial charge is 0.171 e. The summed E-state index contributed by atoms with van der Waals surface area (Å²) in [5.41, 5.74) is 0. The van der Waals surface area contributed by atoms with E-state index in [1.165, 1.54) is 0 Å². The predicted octanol–water partition coefficient (Wildman–Crippen LogP) is 6.18. The van der Waals surface area contributed by atoms with Crippen LogP contribution in [0.25, 0.3) is 0 Å². The maximum atomic E-state index is 12.1. The van der Waals surface area contributed by atoms with E-state index in [0.717, 1.165) is 0 Å². The molecule has 0 aliphatic heterocycles. The van der Waals surface area contributed by atoms with Gasteiger partial charge in [-0.1, -0.05) is 0 Å². The first kappa shape index (κ1) is 20.1. The van der Waals surface area contributed by atoms with Gasteiger partial charge in [-0.3, -0.25) is 0 Å². The van der Waals surface area contributed by atoms with Gasteiger partial charge in [-0.15, -0.1) is 15.3 Å². The van der Waals surface area contributed by atoms with Crippen molar-refractivity contribution in [1.82, 2.24) is 0 Å². The normalized spacial score (nSPS) is 14.7. The maximum Gasteiger partial charge on any atom is 0.388 e. The van der Waals surface area contributed by atoms with Crippen LogP contribution >= 0.6 is 15.3 Å². The number of hydrogen-bond acceptors (Lipinski definition) is 0. The Labute approximate surface area is 118 Å². The molecule has 0 aromatic heterocycles. The van der Waals surface area contributed by atoms with Gasteiger partial charge in [0, 0.05) is 19.3 Å². The van der Waals surface area contributed by atoms with E-state index in [4.69, 9.17) is 0 Å². The highest BCUT2D eigenvalue weighted by Gasteiger charge is 2.42. The van der Waals surface area contributed by atoms with Crippen molar-refractivity contribution in [3.05, 3.63) is 0 Å². The minimum Gasteiger partial charge on any atom is -0.171 e. The highest BCUT2D eigenvalue weighted by molar-refractivity contribution is 9.26. The van der Waals surface area contributed by atoms with Crippen LogP contribution in [0.5, 0.6) is 0 Å². The summed E-state index contributed by atoms with van der Waals surface area (Å²) < 4.78 is 109. The van der Waals surface area contributed by atoms with Crippen LogP contribution < -0.4 is 0 Å². The lowest BCUT2D eigenvalue weighted by molar-refractivity contribution is -0.132. The Morgan fingerprint density at radius 3 is 0.900 bits per heavy atom. The quantitative estimate of drug-likeness (QED) is 0.284. The van der Waals surface area contributed by atoms with Crippen LogP contribution in [0.4, 0.5) is 39.5 Å². The van der Waals surface area contributed by atoms with Crippen molar-refractivity contribution in [1.29, 1.82) is 0 Å². The number of alkyl halides is 9. The average molecular weight is 399 g/mol. The molecule has 0 aliphatic rings. The summed E-state index contributed by atoms with van der Waals surface area (Å²) >= 11 is 2.78. The summed E-state index contributed by atoms with van der Waals surface area (Å²) in [5, 5.41) is 0. The van der Waals surface area contributed by atoms with E-state index < -0.39 is 62.6 Å². The fraction of sp³-hybridized carbons (Fsp3) is 1.00. The molecule has 0 amide bonds. The van der Waals surface area contributed by atoms with Crippen molar-refractivity contribution < 1.29 is 39.5 Å². The fourth-order valence-corrected chi connectivity index (χ4v) is 6.20. The third-order valence-corrected chi connectivity index (χ3v) is 9.58. The molecule has 0 spiro atoms. The Morgan fingerprint density at radius 2 is 0.750 bits per heavy atom. The first-order valence-corrected chi connectivity index (χ1v) is 10.4. The molecule has 0 bridgehead atoms. The van der Waals surface area contributed by atoms with E-state index in [-0.39, 0.29) is 0 Å². The average Bonchev–Trinajstić information content (AvgIpc) is 2.18. The van der Waals surface area contributed by atoms with E-state index in [1.807, 2.05) is 0 Å². The van der Waals surface area contributed by atoms with Crippen LogP contribution in [-0.4, -0.2) is 25.2 Å². The molecular weight excluding hydrogens is 387 g/mol. The zero-order valence-electron chi connectivity index (χ0n) is 10.0. The molecule has 0 aromatic rings. The van der Waals surface area contributed by atoms with Gasteiger partial charge in [0.05, 0.1) is 0 Å². The summed E-state index contributed by atoms with van der Waals surface area (Å²) in [6, 6.07) is -2.08. The molecule has 0 aromatic carbocycles. The molecule has 0 unspecified atom stereocenters. The molecule has 0 saturated carbocycles. The lowest BCUT2D eigenvalue weighted by Crippen LogP contribution is -2.31. The van der Waals surface area contributed by atoms with Gasteiger partial charge in [0.25, 0.3) is 0 Å². The van der Waals surface area contributed by atoms with Crippen molar-refractivity contribution in [2.24, 2.45) is 0 Å². The van der Waals surface area contributed by atoms with Gasteiger partial charge in [-0.2, -0.15) is 39.5 Å². The van der Waals surface area contributed by atoms with Crippen LogP contribution in [0, 0.1) is 0 Å². The first-order chi connectivity index (χ1) is 8.62. The molecule has 0 saturated heterocycles. The van der Waals surface area contributed by atoms with E-state index in [2.05, 4.69) is 15.3 Å². The fourth-order valence-electron chi connectivity index (χ4n) is 1.47. The summed E-state index contributed by atoms with van der Waals surface area (Å²) in [4.78, 5) is 0. The highest BCUT2D eigenvalue weighted by atomic mass is 79.9. The van der Waals surface area contributed by atoms with Crippen molar-refractivity contribution in [3.8, 4) is 0 Å². The van der Waals surface area contributed by atoms with Crippen LogP contribution in [0.3, 0.4) is 0 Å². The zero-order chi connectivity index (χ0) is 16.2. The third-order valence-electron chi connectivity index (χ3n) is 2.57. The Balaban J connectivity index is 4.66. The van der Waals surface area contributed by atoms with Crippen molar-refractivity contribution in [2.75, 3.05) is 0 Å². The zero-order valence-corrected chi connectivity index (χ0v) is 12.6. The molecule has 0 atom stereocenters. The molecule has 20 heavy (non-hydrogen) atoms. The van der Waals surface area contributed by atoms with Crippen molar-refractivity contribution in [2.45, 2.75) is 55.9 Å². The van der Waals surface area contributed by atoms with Gasteiger partial charge in [-0.25, -0.2) is 0 Å². The summed E-state index contributed by atoms with van der Waals surface area (Å²) in [6.07, 6.45) is -17.9. The molecule has 0 fully saturated rings. The minimum absolute atomic E-state index is 0.692. The lowest BCUT2D eigenvalue weighted by Gasteiger charge is -2.26. The predicted molar refractivity (Wildman–Crippen MR) is 61.1 cm³/mol. The standard InChI is InChI=1S/C9H12BrF9Si/c10-20(4-1-7(11,12)13,5-2-8(14,15)16)6-3-9(17,18)19/h1-6H2. The molecular formula is C9H12BrF9Si. The molecule has 0 aliphatic carbocycles. The van der Waals surface area contributed by atoms with Gasteiger partial charge in [-0.05, 0) is 18.1 Å². The van der Waals surface area contributed by atoms with E-state index in [1.54, 1.807) is 0 Å². The largest absolute Gasteiger partial charge is 0.388 e. The molecule has 0 radical (unpaired) electrons. The Kier molecular flexibility index (Phi) is 6.91. The van der Waals surface area contributed by atoms with Gasteiger partial charge >= 0.3 is 18.5 Å². The monoisotopic (exact) mass is 398 g/mol. The molecule has 0 heterocycles. The van der Waals surface area contributed by atoms with Crippen molar-refractivity contribution in [3.63, 3.8) is 0 Å².